The molecule has 1 aromatic heterocycles. The van der Waals surface area contributed by atoms with Crippen molar-refractivity contribution in [2.45, 2.75) is 25.4 Å². The summed E-state index contributed by atoms with van der Waals surface area (Å²) in [5, 5.41) is 3.09. The Morgan fingerprint density at radius 2 is 1.65 bits per heavy atom. The van der Waals surface area contributed by atoms with Gasteiger partial charge < -0.3 is 14.8 Å². The van der Waals surface area contributed by atoms with Crippen LogP contribution in [-0.4, -0.2) is 48.1 Å². The second kappa shape index (κ2) is 11.1. The number of carbonyl (C=O) groups excluding carboxylic acids is 1. The highest BCUT2D eigenvalue weighted by molar-refractivity contribution is 5.79. The zero-order valence-corrected chi connectivity index (χ0v) is 19.4. The zero-order chi connectivity index (χ0) is 23.9. The molecule has 4 rings (SSSR count). The van der Waals surface area contributed by atoms with Crippen LogP contribution in [0, 0.1) is 11.7 Å². The molecule has 1 atom stereocenters. The number of ether oxygens (including phenoxy) is 2. The maximum atomic E-state index is 13.6. The summed E-state index contributed by atoms with van der Waals surface area (Å²) >= 11 is 0. The molecule has 2 heterocycles. The number of likely N-dealkylation sites (tertiary alicyclic amines) is 1. The minimum Gasteiger partial charge on any atom is -0.481 e. The zero-order valence-electron chi connectivity index (χ0n) is 19.4. The number of halogens is 1. The average Bonchev–Trinajstić information content (AvgIpc) is 2.88. The van der Waals surface area contributed by atoms with Crippen LogP contribution in [0.15, 0.2) is 60.7 Å². The van der Waals surface area contributed by atoms with Crippen molar-refractivity contribution in [3.05, 3.63) is 83.4 Å². The molecule has 2 aromatic carbocycles. The molecule has 0 bridgehead atoms. The highest BCUT2D eigenvalue weighted by Crippen LogP contribution is 2.26. The van der Waals surface area contributed by atoms with E-state index in [1.165, 1.54) is 31.9 Å². The highest BCUT2D eigenvalue weighted by Gasteiger charge is 2.29. The van der Waals surface area contributed by atoms with Gasteiger partial charge in [0.2, 0.25) is 17.7 Å². The van der Waals surface area contributed by atoms with Crippen molar-refractivity contribution >= 4 is 5.91 Å². The summed E-state index contributed by atoms with van der Waals surface area (Å²) in [6.45, 7) is 2.57. The number of piperidine rings is 1. The van der Waals surface area contributed by atoms with Crippen LogP contribution in [0.5, 0.6) is 11.8 Å². The molecular formula is C26H29FN4O3. The molecular weight excluding hydrogens is 435 g/mol. The Bertz CT molecular complexity index is 1060. The van der Waals surface area contributed by atoms with Crippen LogP contribution in [0.25, 0.3) is 0 Å². The van der Waals surface area contributed by atoms with Gasteiger partial charge in [-0.3, -0.25) is 9.69 Å². The number of hydrogen-bond donors (Lipinski definition) is 1. The van der Waals surface area contributed by atoms with E-state index in [0.29, 0.717) is 23.1 Å². The molecule has 0 spiro atoms. The van der Waals surface area contributed by atoms with E-state index < -0.39 is 6.04 Å². The normalized spacial score (nSPS) is 15.5. The van der Waals surface area contributed by atoms with Crippen molar-refractivity contribution < 1.29 is 18.7 Å². The van der Waals surface area contributed by atoms with Gasteiger partial charge in [0.1, 0.15) is 11.9 Å². The molecule has 34 heavy (non-hydrogen) atoms. The molecule has 1 aliphatic heterocycles. The lowest BCUT2D eigenvalue weighted by Crippen LogP contribution is -2.41. The van der Waals surface area contributed by atoms with Crippen LogP contribution in [-0.2, 0) is 11.3 Å². The first kappa shape index (κ1) is 23.6. The van der Waals surface area contributed by atoms with Gasteiger partial charge in [0.25, 0.3) is 0 Å². The second-order valence-electron chi connectivity index (χ2n) is 8.34. The van der Waals surface area contributed by atoms with E-state index in [9.17, 15) is 9.18 Å². The van der Waals surface area contributed by atoms with Gasteiger partial charge >= 0.3 is 0 Å². The van der Waals surface area contributed by atoms with Crippen LogP contribution in [0.4, 0.5) is 4.39 Å². The Kier molecular flexibility index (Phi) is 7.69. The third kappa shape index (κ3) is 5.88. The molecule has 1 N–H and O–H groups in total. The van der Waals surface area contributed by atoms with E-state index in [2.05, 4.69) is 32.3 Å². The predicted molar refractivity (Wildman–Crippen MR) is 126 cm³/mol. The topological polar surface area (TPSA) is 76.6 Å². The largest absolute Gasteiger partial charge is 0.481 e. The quantitative estimate of drug-likeness (QED) is 0.547. The third-order valence-corrected chi connectivity index (χ3v) is 6.07. The van der Waals surface area contributed by atoms with Gasteiger partial charge in [0, 0.05) is 12.5 Å². The van der Waals surface area contributed by atoms with E-state index in [-0.39, 0.29) is 17.6 Å². The Balaban J connectivity index is 1.48. The molecule has 0 saturated carbocycles. The summed E-state index contributed by atoms with van der Waals surface area (Å²) < 4.78 is 24.1. The molecule has 1 fully saturated rings. The van der Waals surface area contributed by atoms with Gasteiger partial charge in [-0.1, -0.05) is 42.5 Å². The Labute approximate surface area is 198 Å². The summed E-state index contributed by atoms with van der Waals surface area (Å²) in [6, 6.07) is 17.2. The molecule has 0 aliphatic carbocycles. The number of carbonyl (C=O) groups is 1. The lowest BCUT2D eigenvalue weighted by Gasteiger charge is -2.32. The SMILES string of the molecule is COc1cc(OC)nc(C(NC(=O)C2CCN(Cc3ccccc3)CC2)c2ccc(F)cc2)n1. The Morgan fingerprint density at radius 1 is 1.03 bits per heavy atom. The fourth-order valence-electron chi connectivity index (χ4n) is 4.17. The van der Waals surface area contributed by atoms with Gasteiger partial charge in [-0.15, -0.1) is 0 Å². The Morgan fingerprint density at radius 3 is 2.24 bits per heavy atom. The number of benzene rings is 2. The standard InChI is InChI=1S/C26H29FN4O3/c1-33-22-16-23(34-2)29-25(28-22)24(19-8-10-21(27)11-9-19)30-26(32)20-12-14-31(15-13-20)17-18-6-4-3-5-7-18/h3-11,16,20,24H,12-15,17H2,1-2H3,(H,30,32). The van der Waals surface area contributed by atoms with Gasteiger partial charge in [-0.2, -0.15) is 9.97 Å². The van der Waals surface area contributed by atoms with E-state index in [1.807, 2.05) is 18.2 Å². The van der Waals surface area contributed by atoms with Crippen molar-refractivity contribution in [3.8, 4) is 11.8 Å². The molecule has 0 radical (unpaired) electrons. The van der Waals surface area contributed by atoms with Gasteiger partial charge in [-0.05, 0) is 49.2 Å². The minimum absolute atomic E-state index is 0.0703. The lowest BCUT2D eigenvalue weighted by molar-refractivity contribution is -0.127. The molecule has 1 aliphatic rings. The monoisotopic (exact) mass is 464 g/mol. The molecule has 3 aromatic rings. The smallest absolute Gasteiger partial charge is 0.224 e. The lowest BCUT2D eigenvalue weighted by atomic mass is 9.94. The van der Waals surface area contributed by atoms with E-state index >= 15 is 0 Å². The van der Waals surface area contributed by atoms with Crippen molar-refractivity contribution in [3.63, 3.8) is 0 Å². The van der Waals surface area contributed by atoms with Gasteiger partial charge in [0.05, 0.1) is 20.3 Å². The number of hydrogen-bond acceptors (Lipinski definition) is 6. The summed E-state index contributed by atoms with van der Waals surface area (Å²) in [4.78, 5) is 24.5. The molecule has 178 valence electrons. The summed E-state index contributed by atoms with van der Waals surface area (Å²) in [5.41, 5.74) is 1.94. The number of aromatic nitrogens is 2. The molecule has 8 heteroatoms. The molecule has 7 nitrogen and oxygen atoms in total. The van der Waals surface area contributed by atoms with Crippen LogP contribution in [0.1, 0.15) is 35.8 Å². The molecule has 1 saturated heterocycles. The van der Waals surface area contributed by atoms with E-state index in [4.69, 9.17) is 9.47 Å². The maximum absolute atomic E-state index is 13.6. The van der Waals surface area contributed by atoms with Crippen molar-refractivity contribution in [1.29, 1.82) is 0 Å². The number of nitrogens with zero attached hydrogens (tertiary/aromatic N) is 3. The van der Waals surface area contributed by atoms with Crippen LogP contribution in [0.3, 0.4) is 0 Å². The molecule has 1 amide bonds. The first-order valence-corrected chi connectivity index (χ1v) is 11.3. The number of rotatable bonds is 8. The molecule has 1 unspecified atom stereocenters. The third-order valence-electron chi connectivity index (χ3n) is 6.07. The maximum Gasteiger partial charge on any atom is 0.224 e. The number of methoxy groups -OCH3 is 2. The van der Waals surface area contributed by atoms with E-state index in [1.54, 1.807) is 18.2 Å². The van der Waals surface area contributed by atoms with E-state index in [0.717, 1.165) is 32.5 Å². The van der Waals surface area contributed by atoms with Gasteiger partial charge in [-0.25, -0.2) is 4.39 Å². The van der Waals surface area contributed by atoms with Crippen molar-refractivity contribution in [2.75, 3.05) is 27.3 Å². The first-order valence-electron chi connectivity index (χ1n) is 11.3. The fraction of sp³-hybridized carbons (Fsp3) is 0.346. The summed E-state index contributed by atoms with van der Waals surface area (Å²) in [6.07, 6.45) is 1.52. The number of amides is 1. The van der Waals surface area contributed by atoms with Crippen molar-refractivity contribution in [2.24, 2.45) is 5.92 Å². The summed E-state index contributed by atoms with van der Waals surface area (Å²) in [5.74, 6) is 0.401. The predicted octanol–water partition coefficient (Wildman–Crippen LogP) is 3.75. The van der Waals surface area contributed by atoms with Gasteiger partial charge in [0.15, 0.2) is 5.82 Å². The first-order chi connectivity index (χ1) is 16.6. The van der Waals surface area contributed by atoms with Crippen LogP contribution in [0.2, 0.25) is 0 Å². The average molecular weight is 465 g/mol. The minimum atomic E-state index is -0.667. The summed E-state index contributed by atoms with van der Waals surface area (Å²) in [7, 11) is 3.00. The van der Waals surface area contributed by atoms with Crippen molar-refractivity contribution in [1.82, 2.24) is 20.2 Å². The highest BCUT2D eigenvalue weighted by atomic mass is 19.1. The second-order valence-corrected chi connectivity index (χ2v) is 8.34. The number of nitrogens with one attached hydrogen (secondary N) is 1. The Hall–Kier alpha value is -3.52. The van der Waals surface area contributed by atoms with Crippen LogP contribution < -0.4 is 14.8 Å². The van der Waals surface area contributed by atoms with Crippen LogP contribution >= 0.6 is 0 Å². The fourth-order valence-corrected chi connectivity index (χ4v) is 4.17.